The summed E-state index contributed by atoms with van der Waals surface area (Å²) in [5, 5.41) is 7.93. The largest absolute Gasteiger partial charge is 0.307 e. The molecule has 1 amide bonds. The van der Waals surface area contributed by atoms with Gasteiger partial charge < -0.3 is 4.90 Å². The van der Waals surface area contributed by atoms with Crippen molar-refractivity contribution in [2.45, 2.75) is 6.92 Å². The van der Waals surface area contributed by atoms with Crippen LogP contribution in [0.3, 0.4) is 0 Å². The predicted molar refractivity (Wildman–Crippen MR) is 79.9 cm³/mol. The van der Waals surface area contributed by atoms with Crippen LogP contribution in [0.1, 0.15) is 17.4 Å². The molecule has 20 heavy (non-hydrogen) atoms. The van der Waals surface area contributed by atoms with Crippen LogP contribution in [0.25, 0.3) is 10.9 Å². The van der Waals surface area contributed by atoms with E-state index in [1.165, 1.54) is 0 Å². The van der Waals surface area contributed by atoms with Gasteiger partial charge in [0.2, 0.25) is 0 Å². The number of carbonyl (C=O) groups is 1. The summed E-state index contributed by atoms with van der Waals surface area (Å²) in [5.74, 6) is -0.0869. The van der Waals surface area contributed by atoms with Crippen molar-refractivity contribution in [2.75, 3.05) is 11.4 Å². The maximum Gasteiger partial charge on any atom is 0.279 e. The van der Waals surface area contributed by atoms with Crippen molar-refractivity contribution in [1.82, 2.24) is 10.2 Å². The highest BCUT2D eigenvalue weighted by molar-refractivity contribution is 6.12. The second-order valence-electron chi connectivity index (χ2n) is 4.50. The van der Waals surface area contributed by atoms with Crippen molar-refractivity contribution in [1.29, 1.82) is 0 Å². The summed E-state index contributed by atoms with van der Waals surface area (Å²) in [4.78, 5) is 14.4. The summed E-state index contributed by atoms with van der Waals surface area (Å²) in [6, 6.07) is 17.3. The number of H-pyrrole nitrogens is 1. The Labute approximate surface area is 117 Å². The molecule has 0 spiro atoms. The fourth-order valence-electron chi connectivity index (χ4n) is 2.31. The fourth-order valence-corrected chi connectivity index (χ4v) is 2.31. The number of anilines is 1. The lowest BCUT2D eigenvalue weighted by Crippen LogP contribution is -2.31. The quantitative estimate of drug-likeness (QED) is 0.790. The van der Waals surface area contributed by atoms with Crippen LogP contribution in [0.4, 0.5) is 5.69 Å². The van der Waals surface area contributed by atoms with Crippen LogP contribution in [0, 0.1) is 0 Å². The molecule has 0 saturated heterocycles. The highest BCUT2D eigenvalue weighted by Crippen LogP contribution is 2.20. The Morgan fingerprint density at radius 1 is 1.10 bits per heavy atom. The minimum absolute atomic E-state index is 0.0869. The van der Waals surface area contributed by atoms with Gasteiger partial charge in [-0.1, -0.05) is 36.4 Å². The molecule has 4 nitrogen and oxygen atoms in total. The standard InChI is InChI=1S/C16H15N3O/c1-2-19(12-8-4-3-5-9-12)16(20)15-13-10-6-7-11-14(13)17-18-15/h3-11H,2H2,1H3,(H,17,18). The first-order valence-electron chi connectivity index (χ1n) is 6.61. The van der Waals surface area contributed by atoms with Crippen molar-refractivity contribution in [3.63, 3.8) is 0 Å². The maximum absolute atomic E-state index is 12.7. The summed E-state index contributed by atoms with van der Waals surface area (Å²) < 4.78 is 0. The Bertz CT molecular complexity index is 734. The Morgan fingerprint density at radius 2 is 1.80 bits per heavy atom. The number of amides is 1. The first-order chi connectivity index (χ1) is 9.81. The Morgan fingerprint density at radius 3 is 2.55 bits per heavy atom. The van der Waals surface area contributed by atoms with Crippen molar-refractivity contribution in [3.05, 3.63) is 60.3 Å². The van der Waals surface area contributed by atoms with E-state index in [0.717, 1.165) is 16.6 Å². The Kier molecular flexibility index (Phi) is 3.21. The first-order valence-corrected chi connectivity index (χ1v) is 6.61. The highest BCUT2D eigenvalue weighted by atomic mass is 16.2. The third-order valence-electron chi connectivity index (χ3n) is 3.30. The van der Waals surface area contributed by atoms with Gasteiger partial charge in [0.05, 0.1) is 5.52 Å². The number of para-hydroxylation sites is 2. The van der Waals surface area contributed by atoms with Gasteiger partial charge in [0.15, 0.2) is 5.69 Å². The molecule has 0 fully saturated rings. The molecule has 2 aromatic carbocycles. The molecule has 0 saturated carbocycles. The monoisotopic (exact) mass is 265 g/mol. The van der Waals surface area contributed by atoms with Crippen molar-refractivity contribution in [3.8, 4) is 0 Å². The molecule has 0 radical (unpaired) electrons. The van der Waals surface area contributed by atoms with Crippen LogP contribution >= 0.6 is 0 Å². The molecule has 0 aliphatic heterocycles. The minimum Gasteiger partial charge on any atom is -0.307 e. The van der Waals surface area contributed by atoms with Gasteiger partial charge in [0.25, 0.3) is 5.91 Å². The van der Waals surface area contributed by atoms with E-state index in [-0.39, 0.29) is 5.91 Å². The molecule has 100 valence electrons. The van der Waals surface area contributed by atoms with E-state index >= 15 is 0 Å². The van der Waals surface area contributed by atoms with Crippen LogP contribution < -0.4 is 4.90 Å². The Hall–Kier alpha value is -2.62. The average molecular weight is 265 g/mol. The van der Waals surface area contributed by atoms with E-state index in [2.05, 4.69) is 10.2 Å². The summed E-state index contributed by atoms with van der Waals surface area (Å²) >= 11 is 0. The number of hydrogen-bond donors (Lipinski definition) is 1. The van der Waals surface area contributed by atoms with Crippen LogP contribution in [0.5, 0.6) is 0 Å². The Balaban J connectivity index is 2.03. The third-order valence-corrected chi connectivity index (χ3v) is 3.30. The average Bonchev–Trinajstić information content (AvgIpc) is 2.93. The van der Waals surface area contributed by atoms with Crippen LogP contribution in [-0.4, -0.2) is 22.6 Å². The highest BCUT2D eigenvalue weighted by Gasteiger charge is 2.20. The zero-order valence-corrected chi connectivity index (χ0v) is 11.2. The van der Waals surface area contributed by atoms with E-state index < -0.39 is 0 Å². The van der Waals surface area contributed by atoms with Gasteiger partial charge in [-0.3, -0.25) is 9.89 Å². The summed E-state index contributed by atoms with van der Waals surface area (Å²) in [6.07, 6.45) is 0. The molecule has 0 atom stereocenters. The van der Waals surface area contributed by atoms with Crippen molar-refractivity contribution >= 4 is 22.5 Å². The number of hydrogen-bond acceptors (Lipinski definition) is 2. The van der Waals surface area contributed by atoms with Crippen LogP contribution in [0.2, 0.25) is 0 Å². The molecule has 1 N–H and O–H groups in total. The van der Waals surface area contributed by atoms with Gasteiger partial charge in [0, 0.05) is 17.6 Å². The molecule has 3 rings (SSSR count). The molecule has 0 aliphatic carbocycles. The zero-order chi connectivity index (χ0) is 13.9. The van der Waals surface area contributed by atoms with E-state index in [9.17, 15) is 4.79 Å². The van der Waals surface area contributed by atoms with Crippen LogP contribution in [0.15, 0.2) is 54.6 Å². The molecule has 4 heteroatoms. The smallest absolute Gasteiger partial charge is 0.279 e. The van der Waals surface area contributed by atoms with Gasteiger partial charge in [0.1, 0.15) is 0 Å². The van der Waals surface area contributed by atoms with E-state index in [1.54, 1.807) is 4.90 Å². The summed E-state index contributed by atoms with van der Waals surface area (Å²) in [7, 11) is 0. The van der Waals surface area contributed by atoms with Crippen molar-refractivity contribution < 1.29 is 4.79 Å². The second-order valence-corrected chi connectivity index (χ2v) is 4.50. The molecular formula is C16H15N3O. The van der Waals surface area contributed by atoms with Gasteiger partial charge in [-0.25, -0.2) is 0 Å². The molecule has 3 aromatic rings. The second kappa shape index (κ2) is 5.17. The molecular weight excluding hydrogens is 250 g/mol. The zero-order valence-electron chi connectivity index (χ0n) is 11.2. The van der Waals surface area contributed by atoms with E-state index in [0.29, 0.717) is 12.2 Å². The number of benzene rings is 2. The third kappa shape index (κ3) is 2.05. The minimum atomic E-state index is -0.0869. The van der Waals surface area contributed by atoms with Gasteiger partial charge >= 0.3 is 0 Å². The predicted octanol–water partition coefficient (Wildman–Crippen LogP) is 3.23. The number of nitrogens with one attached hydrogen (secondary N) is 1. The maximum atomic E-state index is 12.7. The number of aromatic nitrogens is 2. The molecule has 1 aromatic heterocycles. The summed E-state index contributed by atoms with van der Waals surface area (Å²) in [6.45, 7) is 2.56. The van der Waals surface area contributed by atoms with E-state index in [1.807, 2.05) is 61.5 Å². The topological polar surface area (TPSA) is 49.0 Å². The molecule has 0 unspecified atom stereocenters. The van der Waals surface area contributed by atoms with Crippen molar-refractivity contribution in [2.24, 2.45) is 0 Å². The lowest BCUT2D eigenvalue weighted by Gasteiger charge is -2.19. The van der Waals surface area contributed by atoms with Gasteiger partial charge in [-0.05, 0) is 25.1 Å². The number of aromatic amines is 1. The number of nitrogens with zero attached hydrogens (tertiary/aromatic N) is 2. The molecule has 0 bridgehead atoms. The summed E-state index contributed by atoms with van der Waals surface area (Å²) in [5.41, 5.74) is 2.22. The number of carbonyl (C=O) groups excluding carboxylic acids is 1. The first kappa shape index (κ1) is 12.4. The lowest BCUT2D eigenvalue weighted by molar-refractivity contribution is 0.0985. The van der Waals surface area contributed by atoms with Crippen LogP contribution in [-0.2, 0) is 0 Å². The number of rotatable bonds is 3. The van der Waals surface area contributed by atoms with Gasteiger partial charge in [-0.2, -0.15) is 5.10 Å². The molecule has 1 heterocycles. The van der Waals surface area contributed by atoms with Gasteiger partial charge in [-0.15, -0.1) is 0 Å². The number of fused-ring (bicyclic) bond motifs is 1. The SMILES string of the molecule is CCN(C(=O)c1n[nH]c2ccccc12)c1ccccc1. The van der Waals surface area contributed by atoms with E-state index in [4.69, 9.17) is 0 Å². The lowest BCUT2D eigenvalue weighted by atomic mass is 10.2. The fraction of sp³-hybridized carbons (Fsp3) is 0.125. The molecule has 0 aliphatic rings. The normalized spacial score (nSPS) is 10.7.